The van der Waals surface area contributed by atoms with Crippen LogP contribution in [-0.4, -0.2) is 10.9 Å². The van der Waals surface area contributed by atoms with E-state index < -0.39 is 17.2 Å². The molecule has 2 aromatic rings. The number of aromatic nitrogens is 1. The Labute approximate surface area is 127 Å². The lowest BCUT2D eigenvalue weighted by Gasteiger charge is -2.15. The van der Waals surface area contributed by atoms with Crippen molar-refractivity contribution in [3.63, 3.8) is 0 Å². The van der Waals surface area contributed by atoms with E-state index in [-0.39, 0.29) is 17.4 Å². The van der Waals surface area contributed by atoms with Crippen LogP contribution in [0.4, 0.5) is 8.78 Å². The standard InChI is InChI=1S/C17H17F2NO2/c1-4-7-20-8-13(10(2)11(3)17(20)22)12-5-6-15(18)14(9-21)16(12)19/h5-6,8-9H,4,7H2,1-3H3. The van der Waals surface area contributed by atoms with Gasteiger partial charge in [0.25, 0.3) is 5.56 Å². The summed E-state index contributed by atoms with van der Waals surface area (Å²) in [5.41, 5.74) is 1.03. The van der Waals surface area contributed by atoms with E-state index in [1.807, 2.05) is 6.92 Å². The first-order chi connectivity index (χ1) is 10.4. The van der Waals surface area contributed by atoms with E-state index in [0.717, 1.165) is 12.5 Å². The smallest absolute Gasteiger partial charge is 0.253 e. The number of benzene rings is 1. The first-order valence-corrected chi connectivity index (χ1v) is 7.06. The number of carbonyl (C=O) groups excluding carboxylic acids is 1. The quantitative estimate of drug-likeness (QED) is 0.809. The highest BCUT2D eigenvalue weighted by molar-refractivity contribution is 5.80. The van der Waals surface area contributed by atoms with E-state index in [9.17, 15) is 18.4 Å². The second-order valence-corrected chi connectivity index (χ2v) is 5.23. The Morgan fingerprint density at radius 3 is 2.41 bits per heavy atom. The minimum atomic E-state index is -0.904. The lowest BCUT2D eigenvalue weighted by molar-refractivity contribution is 0.111. The number of hydrogen-bond donors (Lipinski definition) is 0. The Kier molecular flexibility index (Phi) is 4.54. The molecule has 0 unspecified atom stereocenters. The van der Waals surface area contributed by atoms with Gasteiger partial charge in [0.2, 0.25) is 0 Å². The molecule has 0 aliphatic heterocycles. The number of pyridine rings is 1. The van der Waals surface area contributed by atoms with E-state index in [0.29, 0.717) is 23.2 Å². The summed E-state index contributed by atoms with van der Waals surface area (Å²) in [7, 11) is 0. The van der Waals surface area contributed by atoms with Gasteiger partial charge in [-0.1, -0.05) is 6.92 Å². The first-order valence-electron chi connectivity index (χ1n) is 7.06. The maximum Gasteiger partial charge on any atom is 0.253 e. The molecular weight excluding hydrogens is 288 g/mol. The van der Waals surface area contributed by atoms with Crippen LogP contribution in [0.25, 0.3) is 11.1 Å². The summed E-state index contributed by atoms with van der Waals surface area (Å²) in [6.45, 7) is 5.84. The minimum absolute atomic E-state index is 0.119. The molecule has 1 aromatic carbocycles. The van der Waals surface area contributed by atoms with Gasteiger partial charge in [-0.3, -0.25) is 9.59 Å². The van der Waals surface area contributed by atoms with Crippen LogP contribution in [0.1, 0.15) is 34.8 Å². The molecule has 116 valence electrons. The second-order valence-electron chi connectivity index (χ2n) is 5.23. The van der Waals surface area contributed by atoms with E-state index in [4.69, 9.17) is 0 Å². The van der Waals surface area contributed by atoms with Gasteiger partial charge in [0, 0.05) is 29.4 Å². The van der Waals surface area contributed by atoms with Gasteiger partial charge in [-0.2, -0.15) is 0 Å². The molecule has 1 aromatic heterocycles. The number of rotatable bonds is 4. The van der Waals surface area contributed by atoms with Gasteiger partial charge in [-0.25, -0.2) is 8.78 Å². The van der Waals surface area contributed by atoms with E-state index in [1.165, 1.54) is 10.6 Å². The Balaban J connectivity index is 2.78. The zero-order valence-corrected chi connectivity index (χ0v) is 12.7. The maximum absolute atomic E-state index is 14.4. The van der Waals surface area contributed by atoms with Crippen molar-refractivity contribution in [2.24, 2.45) is 0 Å². The Hall–Kier alpha value is -2.30. The molecule has 0 N–H and O–H groups in total. The lowest BCUT2D eigenvalue weighted by Crippen LogP contribution is -2.23. The molecule has 0 radical (unpaired) electrons. The molecule has 0 saturated carbocycles. The molecule has 0 saturated heterocycles. The molecule has 0 bridgehead atoms. The normalized spacial score (nSPS) is 10.8. The van der Waals surface area contributed by atoms with Crippen LogP contribution in [0.2, 0.25) is 0 Å². The minimum Gasteiger partial charge on any atom is -0.315 e. The number of carbonyl (C=O) groups is 1. The van der Waals surface area contributed by atoms with E-state index >= 15 is 0 Å². The second kappa shape index (κ2) is 6.22. The number of nitrogens with zero attached hydrogens (tertiary/aromatic N) is 1. The molecule has 5 heteroatoms. The van der Waals surface area contributed by atoms with Crippen LogP contribution < -0.4 is 5.56 Å². The highest BCUT2D eigenvalue weighted by atomic mass is 19.1. The van der Waals surface area contributed by atoms with Crippen LogP contribution in [0, 0.1) is 25.5 Å². The van der Waals surface area contributed by atoms with Crippen molar-refractivity contribution in [3.05, 3.63) is 57.0 Å². The Morgan fingerprint density at radius 1 is 1.14 bits per heavy atom. The zero-order valence-electron chi connectivity index (χ0n) is 12.7. The van der Waals surface area contributed by atoms with Crippen molar-refractivity contribution in [3.8, 4) is 11.1 Å². The van der Waals surface area contributed by atoms with Crippen molar-refractivity contribution in [1.82, 2.24) is 4.57 Å². The van der Waals surface area contributed by atoms with Crippen LogP contribution in [0.5, 0.6) is 0 Å². The molecule has 1 heterocycles. The molecule has 0 atom stereocenters. The van der Waals surface area contributed by atoms with Crippen LogP contribution in [0.15, 0.2) is 23.1 Å². The van der Waals surface area contributed by atoms with Gasteiger partial charge in [0.15, 0.2) is 6.29 Å². The SMILES string of the molecule is CCCn1cc(-c2ccc(F)c(C=O)c2F)c(C)c(C)c1=O. The summed E-state index contributed by atoms with van der Waals surface area (Å²) in [6, 6.07) is 2.35. The fourth-order valence-corrected chi connectivity index (χ4v) is 2.45. The number of aldehydes is 1. The highest BCUT2D eigenvalue weighted by Gasteiger charge is 2.18. The Morgan fingerprint density at radius 2 is 1.82 bits per heavy atom. The third-order valence-electron chi connectivity index (χ3n) is 3.83. The highest BCUT2D eigenvalue weighted by Crippen LogP contribution is 2.29. The summed E-state index contributed by atoms with van der Waals surface area (Å²) < 4.78 is 29.4. The summed E-state index contributed by atoms with van der Waals surface area (Å²) in [5.74, 6) is -1.80. The average molecular weight is 305 g/mol. The third kappa shape index (κ3) is 2.58. The van der Waals surface area contributed by atoms with Gasteiger partial charge in [0.05, 0.1) is 5.56 Å². The molecule has 0 aliphatic rings. The van der Waals surface area contributed by atoms with E-state index in [2.05, 4.69) is 0 Å². The largest absolute Gasteiger partial charge is 0.315 e. The third-order valence-corrected chi connectivity index (χ3v) is 3.83. The molecule has 0 spiro atoms. The van der Waals surface area contributed by atoms with Crippen LogP contribution >= 0.6 is 0 Å². The topological polar surface area (TPSA) is 39.1 Å². The number of aryl methyl sites for hydroxylation is 1. The lowest BCUT2D eigenvalue weighted by atomic mass is 9.97. The van der Waals surface area contributed by atoms with Gasteiger partial charge < -0.3 is 4.57 Å². The first kappa shape index (κ1) is 16.1. The number of halogens is 2. The maximum atomic E-state index is 14.4. The van der Waals surface area contributed by atoms with Crippen molar-refractivity contribution in [1.29, 1.82) is 0 Å². The summed E-state index contributed by atoms with van der Waals surface area (Å²) >= 11 is 0. The number of hydrogen-bond acceptors (Lipinski definition) is 2. The van der Waals surface area contributed by atoms with Gasteiger partial charge in [-0.05, 0) is 38.0 Å². The predicted octanol–water partition coefficient (Wildman–Crippen LogP) is 3.63. The van der Waals surface area contributed by atoms with Crippen molar-refractivity contribution in [2.45, 2.75) is 33.7 Å². The fourth-order valence-electron chi connectivity index (χ4n) is 2.45. The summed E-state index contributed by atoms with van der Waals surface area (Å²) in [5, 5.41) is 0. The predicted molar refractivity (Wildman–Crippen MR) is 81.2 cm³/mol. The van der Waals surface area contributed by atoms with Gasteiger partial charge in [-0.15, -0.1) is 0 Å². The van der Waals surface area contributed by atoms with Crippen LogP contribution in [-0.2, 0) is 6.54 Å². The molecule has 2 rings (SSSR count). The molecular formula is C17H17F2NO2. The van der Waals surface area contributed by atoms with Gasteiger partial charge in [0.1, 0.15) is 11.6 Å². The molecule has 22 heavy (non-hydrogen) atoms. The van der Waals surface area contributed by atoms with Crippen molar-refractivity contribution >= 4 is 6.29 Å². The van der Waals surface area contributed by atoms with Gasteiger partial charge >= 0.3 is 0 Å². The molecule has 3 nitrogen and oxygen atoms in total. The molecule has 0 fully saturated rings. The molecule has 0 amide bonds. The monoisotopic (exact) mass is 305 g/mol. The van der Waals surface area contributed by atoms with Crippen molar-refractivity contribution in [2.75, 3.05) is 0 Å². The van der Waals surface area contributed by atoms with Crippen LogP contribution in [0.3, 0.4) is 0 Å². The van der Waals surface area contributed by atoms with E-state index in [1.54, 1.807) is 20.0 Å². The van der Waals surface area contributed by atoms with Crippen molar-refractivity contribution < 1.29 is 13.6 Å². The Bertz CT molecular complexity index is 794. The average Bonchev–Trinajstić information content (AvgIpc) is 2.49. The zero-order chi connectivity index (χ0) is 16.4. The summed E-state index contributed by atoms with van der Waals surface area (Å²) in [6.07, 6.45) is 2.49. The fraction of sp³-hybridized carbons (Fsp3) is 0.294. The molecule has 0 aliphatic carbocycles. The summed E-state index contributed by atoms with van der Waals surface area (Å²) in [4.78, 5) is 23.1.